The molecule has 0 atom stereocenters. The molecule has 0 heterocycles. The number of hydrogen-bond donors (Lipinski definition) is 0. The molecule has 0 fully saturated rings. The van der Waals surface area contributed by atoms with Crippen molar-refractivity contribution in [2.24, 2.45) is 0 Å². The third-order valence-corrected chi connectivity index (χ3v) is 3.35. The maximum absolute atomic E-state index is 11.1. The molecule has 0 aliphatic rings. The first-order valence-corrected chi connectivity index (χ1v) is 6.30. The summed E-state index contributed by atoms with van der Waals surface area (Å²) in [5.41, 5.74) is 0.543. The van der Waals surface area contributed by atoms with Gasteiger partial charge in [0.05, 0.1) is 11.2 Å². The Labute approximate surface area is 93.7 Å². The van der Waals surface area contributed by atoms with E-state index in [1.54, 1.807) is 6.07 Å². The Bertz CT molecular complexity index is 498. The zero-order valence-corrected chi connectivity index (χ0v) is 9.77. The van der Waals surface area contributed by atoms with Gasteiger partial charge in [-0.2, -0.15) is 0 Å². The van der Waals surface area contributed by atoms with Gasteiger partial charge in [-0.05, 0) is 5.56 Å². The summed E-state index contributed by atoms with van der Waals surface area (Å²) in [5, 5.41) is 10.5. The lowest BCUT2D eigenvalue weighted by atomic mass is 10.2. The van der Waals surface area contributed by atoms with E-state index in [4.69, 9.17) is 0 Å². The Morgan fingerprint density at radius 3 is 2.56 bits per heavy atom. The first-order valence-electron chi connectivity index (χ1n) is 4.45. The smallest absolute Gasteiger partial charge is 0.258 e. The topological polar surface area (TPSA) is 80.5 Å². The second kappa shape index (κ2) is 4.58. The summed E-state index contributed by atoms with van der Waals surface area (Å²) in [6.07, 6.45) is 1.09. The second-order valence-electron chi connectivity index (χ2n) is 3.45. The SMILES string of the molecule is CN(Cc1cccc([N+](=O)[O-])c1)S(C)(=O)=O. The van der Waals surface area contributed by atoms with Crippen molar-refractivity contribution in [3.05, 3.63) is 39.9 Å². The van der Waals surface area contributed by atoms with Gasteiger partial charge >= 0.3 is 0 Å². The molecule has 88 valence electrons. The number of nitro groups is 1. The van der Waals surface area contributed by atoms with E-state index in [9.17, 15) is 18.5 Å². The number of nitro benzene ring substituents is 1. The van der Waals surface area contributed by atoms with Crippen LogP contribution in [0.3, 0.4) is 0 Å². The lowest BCUT2D eigenvalue weighted by Gasteiger charge is -2.13. The van der Waals surface area contributed by atoms with E-state index in [2.05, 4.69) is 0 Å². The molecule has 1 aromatic carbocycles. The van der Waals surface area contributed by atoms with Crippen LogP contribution in [0.15, 0.2) is 24.3 Å². The van der Waals surface area contributed by atoms with Crippen LogP contribution in [-0.2, 0) is 16.6 Å². The van der Waals surface area contributed by atoms with Gasteiger partial charge in [0.15, 0.2) is 0 Å². The Morgan fingerprint density at radius 1 is 1.44 bits per heavy atom. The van der Waals surface area contributed by atoms with E-state index in [-0.39, 0.29) is 12.2 Å². The minimum absolute atomic E-state index is 0.0422. The molecule has 0 radical (unpaired) electrons. The van der Waals surface area contributed by atoms with Crippen LogP contribution in [0.1, 0.15) is 5.56 Å². The minimum atomic E-state index is -3.27. The van der Waals surface area contributed by atoms with Crippen LogP contribution in [0.5, 0.6) is 0 Å². The van der Waals surface area contributed by atoms with Gasteiger partial charge in [0.25, 0.3) is 5.69 Å². The van der Waals surface area contributed by atoms with E-state index >= 15 is 0 Å². The highest BCUT2D eigenvalue weighted by Crippen LogP contribution is 2.14. The molecular weight excluding hydrogens is 232 g/mol. The van der Waals surface area contributed by atoms with Crippen LogP contribution in [-0.4, -0.2) is 30.9 Å². The van der Waals surface area contributed by atoms with Crippen molar-refractivity contribution in [1.82, 2.24) is 4.31 Å². The molecule has 1 aromatic rings. The average Bonchev–Trinajstić information content (AvgIpc) is 2.16. The monoisotopic (exact) mass is 244 g/mol. The minimum Gasteiger partial charge on any atom is -0.258 e. The lowest BCUT2D eigenvalue weighted by Crippen LogP contribution is -2.24. The van der Waals surface area contributed by atoms with Gasteiger partial charge in [-0.25, -0.2) is 12.7 Å². The van der Waals surface area contributed by atoms with E-state index in [1.165, 1.54) is 25.2 Å². The first-order chi connectivity index (χ1) is 7.30. The molecule has 0 saturated carbocycles. The molecule has 0 spiro atoms. The fraction of sp³-hybridized carbons (Fsp3) is 0.333. The van der Waals surface area contributed by atoms with Crippen LogP contribution in [0.2, 0.25) is 0 Å². The second-order valence-corrected chi connectivity index (χ2v) is 5.54. The molecule has 0 bridgehead atoms. The normalized spacial score (nSPS) is 11.7. The third-order valence-electron chi connectivity index (χ3n) is 2.09. The summed E-state index contributed by atoms with van der Waals surface area (Å²) in [5.74, 6) is 0. The zero-order chi connectivity index (χ0) is 12.3. The van der Waals surface area contributed by atoms with Crippen molar-refractivity contribution in [3.8, 4) is 0 Å². The van der Waals surface area contributed by atoms with Crippen molar-refractivity contribution >= 4 is 15.7 Å². The first kappa shape index (κ1) is 12.6. The largest absolute Gasteiger partial charge is 0.269 e. The van der Waals surface area contributed by atoms with Crippen molar-refractivity contribution in [1.29, 1.82) is 0 Å². The highest BCUT2D eigenvalue weighted by atomic mass is 32.2. The van der Waals surface area contributed by atoms with Gasteiger partial charge in [-0.15, -0.1) is 0 Å². The van der Waals surface area contributed by atoms with E-state index in [0.717, 1.165) is 10.6 Å². The number of non-ortho nitro benzene ring substituents is 1. The van der Waals surface area contributed by atoms with Crippen molar-refractivity contribution in [2.45, 2.75) is 6.54 Å². The van der Waals surface area contributed by atoms with Gasteiger partial charge in [0.2, 0.25) is 10.0 Å². The van der Waals surface area contributed by atoms with E-state index in [1.807, 2.05) is 0 Å². The third kappa shape index (κ3) is 3.28. The zero-order valence-electron chi connectivity index (χ0n) is 8.95. The lowest BCUT2D eigenvalue weighted by molar-refractivity contribution is -0.384. The maximum atomic E-state index is 11.1. The molecule has 0 aliphatic heterocycles. The van der Waals surface area contributed by atoms with Crippen molar-refractivity contribution in [3.63, 3.8) is 0 Å². The molecule has 16 heavy (non-hydrogen) atoms. The van der Waals surface area contributed by atoms with Crippen molar-refractivity contribution in [2.75, 3.05) is 13.3 Å². The molecular formula is C9H12N2O4S. The summed E-state index contributed by atoms with van der Waals surface area (Å²) in [7, 11) is -1.85. The number of nitrogens with zero attached hydrogens (tertiary/aromatic N) is 2. The van der Waals surface area contributed by atoms with Gasteiger partial charge < -0.3 is 0 Å². The molecule has 1 rings (SSSR count). The number of hydrogen-bond acceptors (Lipinski definition) is 4. The van der Waals surface area contributed by atoms with Crippen LogP contribution in [0, 0.1) is 10.1 Å². The molecule has 0 aliphatic carbocycles. The summed E-state index contributed by atoms with van der Waals surface area (Å²) < 4.78 is 23.4. The van der Waals surface area contributed by atoms with Gasteiger partial charge in [0, 0.05) is 25.7 Å². The Hall–Kier alpha value is -1.47. The van der Waals surface area contributed by atoms with Crippen LogP contribution in [0.25, 0.3) is 0 Å². The fourth-order valence-electron chi connectivity index (χ4n) is 1.14. The molecule has 0 aromatic heterocycles. The standard InChI is InChI=1S/C9H12N2O4S/c1-10(16(2,14)15)7-8-4-3-5-9(6-8)11(12)13/h3-6H,7H2,1-2H3. The van der Waals surface area contributed by atoms with E-state index in [0.29, 0.717) is 5.56 Å². The van der Waals surface area contributed by atoms with Gasteiger partial charge in [-0.3, -0.25) is 10.1 Å². The molecule has 6 nitrogen and oxygen atoms in total. The summed E-state index contributed by atoms with van der Waals surface area (Å²) in [6.45, 7) is 0.126. The van der Waals surface area contributed by atoms with Crippen LogP contribution in [0.4, 0.5) is 5.69 Å². The Morgan fingerprint density at radius 2 is 2.06 bits per heavy atom. The molecule has 0 N–H and O–H groups in total. The molecule has 7 heteroatoms. The van der Waals surface area contributed by atoms with E-state index < -0.39 is 14.9 Å². The molecule has 0 saturated heterocycles. The van der Waals surface area contributed by atoms with Gasteiger partial charge in [-0.1, -0.05) is 12.1 Å². The van der Waals surface area contributed by atoms with Crippen molar-refractivity contribution < 1.29 is 13.3 Å². The Balaban J connectivity index is 2.90. The van der Waals surface area contributed by atoms with Crippen LogP contribution < -0.4 is 0 Å². The molecule has 0 unspecified atom stereocenters. The van der Waals surface area contributed by atoms with Gasteiger partial charge in [0.1, 0.15) is 0 Å². The fourth-order valence-corrected chi connectivity index (χ4v) is 1.53. The number of rotatable bonds is 4. The summed E-state index contributed by atoms with van der Waals surface area (Å²) >= 11 is 0. The number of benzene rings is 1. The number of sulfonamides is 1. The summed E-state index contributed by atoms with van der Waals surface area (Å²) in [4.78, 5) is 10.00. The quantitative estimate of drug-likeness (QED) is 0.584. The molecule has 0 amide bonds. The highest BCUT2D eigenvalue weighted by molar-refractivity contribution is 7.88. The maximum Gasteiger partial charge on any atom is 0.269 e. The average molecular weight is 244 g/mol. The Kier molecular flexibility index (Phi) is 3.61. The van der Waals surface area contributed by atoms with Crippen LogP contribution >= 0.6 is 0 Å². The summed E-state index contributed by atoms with van der Waals surface area (Å²) in [6, 6.07) is 5.91. The predicted octanol–water partition coefficient (Wildman–Crippen LogP) is 0.986. The highest BCUT2D eigenvalue weighted by Gasteiger charge is 2.13. The predicted molar refractivity (Wildman–Crippen MR) is 59.4 cm³/mol.